The maximum Gasteiger partial charge on any atom is 0.229 e. The van der Waals surface area contributed by atoms with Gasteiger partial charge in [-0.1, -0.05) is 44.7 Å². The molecule has 1 fully saturated rings. The maximum atomic E-state index is 6.31. The number of hydrogen-bond acceptors (Lipinski definition) is 4. The van der Waals surface area contributed by atoms with E-state index in [2.05, 4.69) is 24.0 Å². The van der Waals surface area contributed by atoms with Crippen LogP contribution in [0.15, 0.2) is 4.52 Å². The molecule has 0 aromatic carbocycles. The van der Waals surface area contributed by atoms with Crippen LogP contribution in [0.5, 0.6) is 0 Å². The van der Waals surface area contributed by atoms with E-state index in [1.807, 2.05) is 0 Å². The van der Waals surface area contributed by atoms with Crippen LogP contribution in [-0.4, -0.2) is 10.1 Å². The van der Waals surface area contributed by atoms with Gasteiger partial charge in [-0.25, -0.2) is 0 Å². The number of hydrogen-bond donors (Lipinski definition) is 1. The van der Waals surface area contributed by atoms with E-state index >= 15 is 0 Å². The Morgan fingerprint density at radius 3 is 2.33 bits per heavy atom. The zero-order valence-corrected chi connectivity index (χ0v) is 11.6. The topological polar surface area (TPSA) is 64.9 Å². The summed E-state index contributed by atoms with van der Waals surface area (Å²) in [5.41, 5.74) is 5.88. The molecule has 0 bridgehead atoms. The lowest BCUT2D eigenvalue weighted by molar-refractivity contribution is 0.318. The van der Waals surface area contributed by atoms with Crippen molar-refractivity contribution in [1.82, 2.24) is 10.1 Å². The molecule has 0 amide bonds. The second-order valence-corrected chi connectivity index (χ2v) is 5.51. The highest BCUT2D eigenvalue weighted by Gasteiger charge is 2.30. The molecule has 0 atom stereocenters. The van der Waals surface area contributed by atoms with Crippen molar-refractivity contribution in [3.05, 3.63) is 11.7 Å². The van der Waals surface area contributed by atoms with Gasteiger partial charge in [-0.15, -0.1) is 0 Å². The van der Waals surface area contributed by atoms with E-state index in [9.17, 15) is 0 Å². The van der Waals surface area contributed by atoms with Gasteiger partial charge in [0.05, 0.1) is 5.54 Å². The van der Waals surface area contributed by atoms with Crippen molar-refractivity contribution in [2.45, 2.75) is 76.7 Å². The van der Waals surface area contributed by atoms with Gasteiger partial charge in [0.25, 0.3) is 0 Å². The summed E-state index contributed by atoms with van der Waals surface area (Å²) in [4.78, 5) is 4.59. The molecule has 102 valence electrons. The number of rotatable bonds is 4. The average Bonchev–Trinajstić information content (AvgIpc) is 2.75. The molecule has 2 rings (SSSR count). The minimum Gasteiger partial charge on any atom is -0.339 e. The molecule has 1 aromatic rings. The third-order valence-corrected chi connectivity index (χ3v) is 4.35. The molecule has 1 aliphatic rings. The van der Waals surface area contributed by atoms with Crippen molar-refractivity contribution >= 4 is 0 Å². The highest BCUT2D eigenvalue weighted by atomic mass is 16.5. The van der Waals surface area contributed by atoms with Crippen molar-refractivity contribution in [2.24, 2.45) is 5.73 Å². The van der Waals surface area contributed by atoms with Crippen LogP contribution in [0.2, 0.25) is 0 Å². The zero-order chi connectivity index (χ0) is 13.0. The van der Waals surface area contributed by atoms with Gasteiger partial charge in [-0.05, 0) is 25.7 Å². The largest absolute Gasteiger partial charge is 0.339 e. The summed E-state index contributed by atoms with van der Waals surface area (Å²) in [5, 5.41) is 4.12. The molecule has 0 radical (unpaired) electrons. The summed E-state index contributed by atoms with van der Waals surface area (Å²) < 4.78 is 5.47. The lowest BCUT2D eigenvalue weighted by Crippen LogP contribution is -2.36. The molecule has 1 aliphatic carbocycles. The summed E-state index contributed by atoms with van der Waals surface area (Å²) in [7, 11) is 0. The lowest BCUT2D eigenvalue weighted by atomic mass is 9.93. The Morgan fingerprint density at radius 1 is 1.17 bits per heavy atom. The van der Waals surface area contributed by atoms with Crippen molar-refractivity contribution in [1.29, 1.82) is 0 Å². The molecule has 0 aliphatic heterocycles. The first-order valence-electron chi connectivity index (χ1n) is 7.32. The summed E-state index contributed by atoms with van der Waals surface area (Å²) >= 11 is 0. The maximum absolute atomic E-state index is 6.31. The normalized spacial score (nSPS) is 18.8. The molecule has 0 saturated heterocycles. The van der Waals surface area contributed by atoms with E-state index in [0.29, 0.717) is 11.7 Å². The first kappa shape index (κ1) is 13.5. The average molecular weight is 251 g/mol. The third kappa shape index (κ3) is 2.74. The summed E-state index contributed by atoms with van der Waals surface area (Å²) in [6.07, 6.45) is 9.26. The fourth-order valence-corrected chi connectivity index (χ4v) is 2.70. The minimum absolute atomic E-state index is 0.424. The van der Waals surface area contributed by atoms with Gasteiger partial charge in [0, 0.05) is 5.92 Å². The smallest absolute Gasteiger partial charge is 0.229 e. The lowest BCUT2D eigenvalue weighted by Gasteiger charge is -2.21. The Hall–Kier alpha value is -0.900. The molecule has 4 nitrogen and oxygen atoms in total. The Labute approximate surface area is 109 Å². The molecule has 1 aromatic heterocycles. The Kier molecular flexibility index (Phi) is 4.38. The fraction of sp³-hybridized carbons (Fsp3) is 0.857. The van der Waals surface area contributed by atoms with Crippen LogP contribution in [0.4, 0.5) is 0 Å². The van der Waals surface area contributed by atoms with Gasteiger partial charge in [0.1, 0.15) is 0 Å². The quantitative estimate of drug-likeness (QED) is 0.832. The van der Waals surface area contributed by atoms with Crippen LogP contribution < -0.4 is 5.73 Å². The van der Waals surface area contributed by atoms with Crippen molar-refractivity contribution < 1.29 is 4.52 Å². The van der Waals surface area contributed by atoms with Gasteiger partial charge in [-0.3, -0.25) is 0 Å². The van der Waals surface area contributed by atoms with E-state index in [1.54, 1.807) is 0 Å². The van der Waals surface area contributed by atoms with E-state index in [4.69, 9.17) is 10.3 Å². The van der Waals surface area contributed by atoms with Gasteiger partial charge in [0.15, 0.2) is 5.82 Å². The monoisotopic (exact) mass is 251 g/mol. The predicted octanol–water partition coefficient (Wildman–Crippen LogP) is 3.48. The molecule has 1 saturated carbocycles. The second-order valence-electron chi connectivity index (χ2n) is 5.51. The highest BCUT2D eigenvalue weighted by Crippen LogP contribution is 2.32. The van der Waals surface area contributed by atoms with E-state index in [-0.39, 0.29) is 0 Å². The zero-order valence-electron chi connectivity index (χ0n) is 11.6. The van der Waals surface area contributed by atoms with E-state index < -0.39 is 5.54 Å². The van der Waals surface area contributed by atoms with Gasteiger partial charge < -0.3 is 10.3 Å². The second kappa shape index (κ2) is 5.83. The van der Waals surface area contributed by atoms with E-state index in [0.717, 1.165) is 18.7 Å². The molecule has 0 spiro atoms. The van der Waals surface area contributed by atoms with Crippen LogP contribution in [0, 0.1) is 0 Å². The molecule has 0 unspecified atom stereocenters. The molecule has 4 heteroatoms. The number of nitrogens with zero attached hydrogens (tertiary/aromatic N) is 2. The fourth-order valence-electron chi connectivity index (χ4n) is 2.70. The minimum atomic E-state index is -0.424. The molecular weight excluding hydrogens is 226 g/mol. The van der Waals surface area contributed by atoms with Crippen LogP contribution >= 0.6 is 0 Å². The first-order chi connectivity index (χ1) is 8.69. The van der Waals surface area contributed by atoms with Crippen LogP contribution in [-0.2, 0) is 5.54 Å². The standard InChI is InChI=1S/C14H25N3O/c1-3-14(15,4-2)13-16-12(18-17-13)11-9-7-5-6-8-10-11/h11H,3-10,15H2,1-2H3. The molecule has 2 N–H and O–H groups in total. The third-order valence-electron chi connectivity index (χ3n) is 4.35. The molecule has 18 heavy (non-hydrogen) atoms. The molecular formula is C14H25N3O. The van der Waals surface area contributed by atoms with Gasteiger partial charge in [-0.2, -0.15) is 4.98 Å². The van der Waals surface area contributed by atoms with Crippen molar-refractivity contribution in [2.75, 3.05) is 0 Å². The first-order valence-corrected chi connectivity index (χ1v) is 7.32. The Morgan fingerprint density at radius 2 is 1.78 bits per heavy atom. The SMILES string of the molecule is CCC(N)(CC)c1noc(C2CCCCCC2)n1. The Bertz CT molecular complexity index is 363. The van der Waals surface area contributed by atoms with Crippen LogP contribution in [0.1, 0.15) is 82.8 Å². The molecule has 1 heterocycles. The summed E-state index contributed by atoms with van der Waals surface area (Å²) in [5.74, 6) is 1.95. The van der Waals surface area contributed by atoms with Crippen LogP contribution in [0.25, 0.3) is 0 Å². The summed E-state index contributed by atoms with van der Waals surface area (Å²) in [6, 6.07) is 0. The number of nitrogens with two attached hydrogens (primary N) is 1. The Balaban J connectivity index is 2.13. The highest BCUT2D eigenvalue weighted by molar-refractivity contribution is 5.05. The van der Waals surface area contributed by atoms with Crippen LogP contribution in [0.3, 0.4) is 0 Å². The van der Waals surface area contributed by atoms with Gasteiger partial charge >= 0.3 is 0 Å². The van der Waals surface area contributed by atoms with Crippen molar-refractivity contribution in [3.63, 3.8) is 0 Å². The van der Waals surface area contributed by atoms with E-state index in [1.165, 1.54) is 38.5 Å². The predicted molar refractivity (Wildman–Crippen MR) is 71.2 cm³/mol. The number of aromatic nitrogens is 2. The van der Waals surface area contributed by atoms with Gasteiger partial charge in [0.2, 0.25) is 5.89 Å². The van der Waals surface area contributed by atoms with Crippen molar-refractivity contribution in [3.8, 4) is 0 Å². The summed E-state index contributed by atoms with van der Waals surface area (Å²) in [6.45, 7) is 4.15.